The summed E-state index contributed by atoms with van der Waals surface area (Å²) in [6.07, 6.45) is -1.15. The van der Waals surface area contributed by atoms with Crippen LogP contribution < -0.4 is 4.31 Å². The van der Waals surface area contributed by atoms with Crippen molar-refractivity contribution >= 4 is 52.3 Å². The fraction of sp³-hybridized carbons (Fsp3) is 0.516. The number of halogens is 1. The van der Waals surface area contributed by atoms with E-state index in [0.29, 0.717) is 34.4 Å². The molecule has 2 atom stereocenters. The van der Waals surface area contributed by atoms with Crippen LogP contribution in [0.2, 0.25) is 30.7 Å². The predicted molar refractivity (Wildman–Crippen MR) is 173 cm³/mol. The van der Waals surface area contributed by atoms with E-state index in [9.17, 15) is 18.3 Å². The molecule has 1 aromatic heterocycles. The van der Waals surface area contributed by atoms with Gasteiger partial charge in [-0.2, -0.15) is 0 Å². The first kappa shape index (κ1) is 32.5. The summed E-state index contributed by atoms with van der Waals surface area (Å²) in [7, 11) is -4.24. The number of rotatable bonds is 9. The number of aliphatic hydroxyl groups excluding tert-OH is 1. The molecule has 0 amide bonds. The molecule has 1 aliphatic heterocycles. The van der Waals surface area contributed by atoms with Gasteiger partial charge in [-0.25, -0.2) is 13.2 Å². The molecule has 8 nitrogen and oxygen atoms in total. The lowest BCUT2D eigenvalue weighted by molar-refractivity contribution is -0.164. The number of carbonyl (C=O) groups is 1. The van der Waals surface area contributed by atoms with Crippen LogP contribution in [0.25, 0.3) is 22.0 Å². The Hall–Kier alpha value is -2.37. The summed E-state index contributed by atoms with van der Waals surface area (Å²) in [6, 6.07) is 9.26. The number of ether oxygens (including phenoxy) is 2. The molecule has 0 spiro atoms. The van der Waals surface area contributed by atoms with Crippen molar-refractivity contribution < 1.29 is 27.8 Å². The van der Waals surface area contributed by atoms with E-state index in [1.54, 1.807) is 12.1 Å². The van der Waals surface area contributed by atoms with Crippen molar-refractivity contribution in [3.63, 3.8) is 0 Å². The summed E-state index contributed by atoms with van der Waals surface area (Å²) in [5.74, 6) is -0.610. The van der Waals surface area contributed by atoms with Crippen molar-refractivity contribution in [1.29, 1.82) is 0 Å². The van der Waals surface area contributed by atoms with Gasteiger partial charge in [0, 0.05) is 36.3 Å². The number of aryl methyl sites for hydroxylation is 1. The van der Waals surface area contributed by atoms with Crippen molar-refractivity contribution in [3.05, 3.63) is 52.2 Å². The van der Waals surface area contributed by atoms with E-state index in [0.717, 1.165) is 27.7 Å². The Morgan fingerprint density at radius 3 is 2.31 bits per heavy atom. The maximum Gasteiger partial charge on any atom is 0.339 e. The highest BCUT2D eigenvalue weighted by atomic mass is 35.5. The lowest BCUT2D eigenvalue weighted by Crippen LogP contribution is -2.49. The predicted octanol–water partition coefficient (Wildman–Crippen LogP) is 6.46. The molecule has 2 heterocycles. The molecule has 4 rings (SSSR count). The molecule has 0 fully saturated rings. The lowest BCUT2D eigenvalue weighted by atomic mass is 9.87. The second-order valence-electron chi connectivity index (χ2n) is 13.3. The largest absolute Gasteiger partial charge is 0.467 e. The molecule has 0 saturated carbocycles. The Kier molecular flexibility index (Phi) is 9.00. The monoisotopic (exact) mass is 634 g/mol. The molecular weight excluding hydrogens is 592 g/mol. The highest BCUT2D eigenvalue weighted by Crippen LogP contribution is 2.49. The molecule has 1 aliphatic rings. The maximum atomic E-state index is 14.2. The Bertz CT molecular complexity index is 1600. The molecule has 0 radical (unpaired) electrons. The average Bonchev–Trinajstić information content (AvgIpc) is 3.22. The van der Waals surface area contributed by atoms with Crippen molar-refractivity contribution in [2.45, 2.75) is 84.6 Å². The van der Waals surface area contributed by atoms with Gasteiger partial charge in [0.05, 0.1) is 42.3 Å². The summed E-state index contributed by atoms with van der Waals surface area (Å²) in [6.45, 7) is 15.8. The normalized spacial score (nSPS) is 16.6. The van der Waals surface area contributed by atoms with Gasteiger partial charge in [-0.05, 0) is 75.6 Å². The minimum Gasteiger partial charge on any atom is -0.467 e. The van der Waals surface area contributed by atoms with Crippen LogP contribution in [0.4, 0.5) is 5.69 Å². The number of hydrogen-bond acceptors (Lipinski definition) is 6. The van der Waals surface area contributed by atoms with Gasteiger partial charge in [0.15, 0.2) is 6.10 Å². The highest BCUT2D eigenvalue weighted by Gasteiger charge is 2.42. The SMILES string of the molecule is COC(=O)[C@@H](OC(C)(C)C)c1c(C)c2c3c(cc(C)n3C[C@@H](CO)N2S(=O)(=O)CC[Si](C)(C)C)c1-c1ccc(Cl)cc1. The average molecular weight is 635 g/mol. The van der Waals surface area contributed by atoms with Gasteiger partial charge in [-0.15, -0.1) is 0 Å². The molecule has 230 valence electrons. The van der Waals surface area contributed by atoms with E-state index in [1.807, 2.05) is 52.8 Å². The van der Waals surface area contributed by atoms with Crippen LogP contribution in [0.1, 0.15) is 43.7 Å². The van der Waals surface area contributed by atoms with Crippen molar-refractivity contribution in [2.24, 2.45) is 0 Å². The third kappa shape index (κ3) is 6.28. The van der Waals surface area contributed by atoms with Crippen molar-refractivity contribution in [3.8, 4) is 11.1 Å². The number of anilines is 1. The van der Waals surface area contributed by atoms with Gasteiger partial charge in [-0.3, -0.25) is 4.31 Å². The molecule has 1 N–H and O–H groups in total. The third-order valence-electron chi connectivity index (χ3n) is 7.67. The van der Waals surface area contributed by atoms with Gasteiger partial charge in [0.25, 0.3) is 0 Å². The first-order valence-electron chi connectivity index (χ1n) is 14.2. The van der Waals surface area contributed by atoms with Crippen LogP contribution in [-0.2, 0) is 30.8 Å². The standard InChI is InChI=1S/C31H43ClN2O6SSi/c1-19-16-24-26(21-10-12-22(32)13-11-21)25(29(30(36)39-6)40-31(3,4)5)20(2)27-28(24)33(19)17-23(18-35)34(27)41(37,38)14-15-42(7,8)9/h10-13,16,23,29,35H,14-15,17-18H2,1-9H3/t23-,29-/m0/s1. The second-order valence-corrected chi connectivity index (χ2v) is 21.3. The van der Waals surface area contributed by atoms with E-state index in [1.165, 1.54) is 11.4 Å². The number of hydrogen-bond donors (Lipinski definition) is 1. The number of carbonyl (C=O) groups excluding carboxylic acids is 1. The molecule has 42 heavy (non-hydrogen) atoms. The number of benzene rings is 2. The number of sulfonamides is 1. The van der Waals surface area contributed by atoms with Crippen LogP contribution in [0.5, 0.6) is 0 Å². The topological polar surface area (TPSA) is 98.1 Å². The fourth-order valence-corrected chi connectivity index (χ4v) is 10.6. The Balaban J connectivity index is 2.17. The van der Waals surface area contributed by atoms with Gasteiger partial charge in [0.1, 0.15) is 0 Å². The number of nitrogens with zero attached hydrogens (tertiary/aromatic N) is 2. The highest BCUT2D eigenvalue weighted by molar-refractivity contribution is 7.92. The van der Waals surface area contributed by atoms with Crippen LogP contribution in [0.15, 0.2) is 30.3 Å². The number of esters is 1. The minimum absolute atomic E-state index is 0.0208. The van der Waals surface area contributed by atoms with E-state index in [-0.39, 0.29) is 12.4 Å². The summed E-state index contributed by atoms with van der Waals surface area (Å²) in [5.41, 5.74) is 4.09. The summed E-state index contributed by atoms with van der Waals surface area (Å²) in [4.78, 5) is 13.5. The zero-order valence-electron chi connectivity index (χ0n) is 26.0. The smallest absolute Gasteiger partial charge is 0.339 e. The Labute approximate surface area is 255 Å². The van der Waals surface area contributed by atoms with Crippen LogP contribution in [0, 0.1) is 13.8 Å². The zero-order chi connectivity index (χ0) is 31.4. The van der Waals surface area contributed by atoms with Crippen molar-refractivity contribution in [1.82, 2.24) is 4.57 Å². The first-order chi connectivity index (χ1) is 19.4. The molecular formula is C31H43ClN2O6SSi. The first-order valence-corrected chi connectivity index (χ1v) is 19.9. The number of aliphatic hydroxyl groups is 1. The number of aromatic nitrogens is 1. The fourth-order valence-electron chi connectivity index (χ4n) is 5.71. The third-order valence-corrected chi connectivity index (χ3v) is 11.8. The van der Waals surface area contributed by atoms with E-state index >= 15 is 0 Å². The van der Waals surface area contributed by atoms with Crippen LogP contribution >= 0.6 is 11.6 Å². The van der Waals surface area contributed by atoms with E-state index in [2.05, 4.69) is 24.2 Å². The van der Waals surface area contributed by atoms with Crippen molar-refractivity contribution in [2.75, 3.05) is 23.8 Å². The van der Waals surface area contributed by atoms with E-state index in [4.69, 9.17) is 21.1 Å². The van der Waals surface area contributed by atoms with Gasteiger partial charge >= 0.3 is 5.97 Å². The van der Waals surface area contributed by atoms with Crippen LogP contribution in [0.3, 0.4) is 0 Å². The van der Waals surface area contributed by atoms with E-state index < -0.39 is 41.8 Å². The summed E-state index contributed by atoms with van der Waals surface area (Å²) in [5, 5.41) is 11.9. The maximum absolute atomic E-state index is 14.2. The quantitative estimate of drug-likeness (QED) is 0.214. The molecule has 0 saturated heterocycles. The molecule has 0 bridgehead atoms. The van der Waals surface area contributed by atoms with Crippen LogP contribution in [-0.4, -0.2) is 63.2 Å². The molecule has 0 unspecified atom stereocenters. The van der Waals surface area contributed by atoms with Gasteiger partial charge in [0.2, 0.25) is 10.0 Å². The summed E-state index contributed by atoms with van der Waals surface area (Å²) >= 11 is 6.26. The number of methoxy groups -OCH3 is 1. The lowest BCUT2D eigenvalue weighted by Gasteiger charge is -2.40. The molecule has 11 heteroatoms. The summed E-state index contributed by atoms with van der Waals surface area (Å²) < 4.78 is 43.5. The van der Waals surface area contributed by atoms with Gasteiger partial charge < -0.3 is 19.1 Å². The second kappa shape index (κ2) is 11.6. The Morgan fingerprint density at radius 1 is 1.17 bits per heavy atom. The molecule has 0 aliphatic carbocycles. The zero-order valence-corrected chi connectivity index (χ0v) is 28.6. The Morgan fingerprint density at radius 2 is 1.79 bits per heavy atom. The minimum atomic E-state index is -3.85. The molecule has 3 aromatic rings. The molecule has 2 aromatic carbocycles. The van der Waals surface area contributed by atoms with Gasteiger partial charge in [-0.1, -0.05) is 43.4 Å².